The summed E-state index contributed by atoms with van der Waals surface area (Å²) < 4.78 is 7.38. The van der Waals surface area contributed by atoms with Crippen molar-refractivity contribution in [3.05, 3.63) is 45.2 Å². The molecule has 6 nitrogen and oxygen atoms in total. The number of benzene rings is 1. The van der Waals surface area contributed by atoms with Gasteiger partial charge >= 0.3 is 0 Å². The van der Waals surface area contributed by atoms with Gasteiger partial charge in [-0.3, -0.25) is 14.2 Å². The zero-order chi connectivity index (χ0) is 21.6. The lowest BCUT2D eigenvalue weighted by atomic mass is 9.97. The number of thioether (sulfide) groups is 1. The fourth-order valence-electron chi connectivity index (χ4n) is 4.11. The Morgan fingerprint density at radius 3 is 3.00 bits per heavy atom. The molecule has 1 aliphatic heterocycles. The molecule has 1 unspecified atom stereocenters. The summed E-state index contributed by atoms with van der Waals surface area (Å²) in [5, 5.41) is 4.57. The Morgan fingerprint density at radius 2 is 2.23 bits per heavy atom. The summed E-state index contributed by atoms with van der Waals surface area (Å²) in [6, 6.07) is 5.10. The maximum atomic E-state index is 13.1. The average Bonchev–Trinajstić information content (AvgIpc) is 3.28. The number of fused-ring (bicyclic) bond motifs is 1. The molecule has 2 aliphatic rings. The Bertz CT molecular complexity index is 1030. The minimum absolute atomic E-state index is 0.00111. The van der Waals surface area contributed by atoms with E-state index in [1.807, 2.05) is 0 Å². The normalized spacial score (nSPS) is 18.9. The second-order valence-corrected chi connectivity index (χ2v) is 9.48. The first kappa shape index (κ1) is 22.4. The van der Waals surface area contributed by atoms with Crippen molar-refractivity contribution in [3.63, 3.8) is 0 Å². The largest absolute Gasteiger partial charge is 0.376 e. The standard InChI is InChI=1S/C23H28ClN3O3S/c24-17-8-9-19-20(13-17)26-23(27(22(19)29)14-18-7-4-12-30-18)31-15-21(28)25-11-10-16-5-2-1-3-6-16/h5,8-9,13,18H,1-4,6-7,10-12,14-15H2,(H,25,28). The van der Waals surface area contributed by atoms with E-state index in [0.717, 1.165) is 38.7 Å². The van der Waals surface area contributed by atoms with Crippen LogP contribution in [0.1, 0.15) is 44.9 Å². The molecule has 8 heteroatoms. The van der Waals surface area contributed by atoms with Gasteiger partial charge in [-0.1, -0.05) is 35.0 Å². The van der Waals surface area contributed by atoms with Crippen molar-refractivity contribution in [1.82, 2.24) is 14.9 Å². The molecule has 1 N–H and O–H groups in total. The molecule has 1 saturated heterocycles. The predicted octanol–water partition coefficient (Wildman–Crippen LogP) is 4.33. The van der Waals surface area contributed by atoms with Crippen LogP contribution in [0.3, 0.4) is 0 Å². The lowest BCUT2D eigenvalue weighted by Gasteiger charge is -2.16. The topological polar surface area (TPSA) is 73.2 Å². The van der Waals surface area contributed by atoms with Gasteiger partial charge in [-0.2, -0.15) is 0 Å². The molecule has 2 aromatic rings. The summed E-state index contributed by atoms with van der Waals surface area (Å²) in [4.78, 5) is 30.2. The Balaban J connectivity index is 1.45. The van der Waals surface area contributed by atoms with Gasteiger partial charge in [-0.25, -0.2) is 4.98 Å². The maximum Gasteiger partial charge on any atom is 0.262 e. The number of halogens is 1. The van der Waals surface area contributed by atoms with Gasteiger partial charge in [-0.05, 0) is 63.1 Å². The third-order valence-electron chi connectivity index (χ3n) is 5.78. The zero-order valence-corrected chi connectivity index (χ0v) is 19.1. The molecule has 1 fully saturated rings. The number of carbonyl (C=O) groups is 1. The van der Waals surface area contributed by atoms with Crippen LogP contribution in [-0.4, -0.2) is 40.5 Å². The summed E-state index contributed by atoms with van der Waals surface area (Å²) in [6.45, 7) is 1.81. The van der Waals surface area contributed by atoms with Gasteiger partial charge in [0.1, 0.15) is 0 Å². The third kappa shape index (κ3) is 5.90. The molecule has 1 atom stereocenters. The molecule has 31 heavy (non-hydrogen) atoms. The van der Waals surface area contributed by atoms with Gasteiger partial charge in [-0.15, -0.1) is 0 Å². The smallest absolute Gasteiger partial charge is 0.262 e. The molecule has 1 aromatic carbocycles. The first-order valence-corrected chi connectivity index (χ1v) is 12.4. The van der Waals surface area contributed by atoms with Crippen LogP contribution in [0.4, 0.5) is 0 Å². The highest BCUT2D eigenvalue weighted by molar-refractivity contribution is 7.99. The van der Waals surface area contributed by atoms with Crippen LogP contribution >= 0.6 is 23.4 Å². The number of ether oxygens (including phenoxy) is 1. The van der Waals surface area contributed by atoms with Crippen LogP contribution in [-0.2, 0) is 16.1 Å². The zero-order valence-electron chi connectivity index (χ0n) is 17.6. The molecule has 0 spiro atoms. The number of nitrogens with zero attached hydrogens (tertiary/aromatic N) is 2. The number of carbonyl (C=O) groups excluding carboxylic acids is 1. The monoisotopic (exact) mass is 461 g/mol. The van der Waals surface area contributed by atoms with Gasteiger partial charge in [0.2, 0.25) is 5.91 Å². The maximum absolute atomic E-state index is 13.1. The van der Waals surface area contributed by atoms with Crippen LogP contribution in [0.25, 0.3) is 10.9 Å². The van der Waals surface area contributed by atoms with E-state index in [4.69, 9.17) is 16.3 Å². The molecule has 1 amide bonds. The van der Waals surface area contributed by atoms with Crippen molar-refractivity contribution >= 4 is 40.2 Å². The quantitative estimate of drug-likeness (QED) is 0.360. The van der Waals surface area contributed by atoms with Crippen molar-refractivity contribution in [2.45, 2.75) is 62.8 Å². The second kappa shape index (κ2) is 10.7. The Hall–Kier alpha value is -1.83. The van der Waals surface area contributed by atoms with E-state index >= 15 is 0 Å². The Kier molecular flexibility index (Phi) is 7.69. The van der Waals surface area contributed by atoms with Gasteiger partial charge in [0.25, 0.3) is 5.56 Å². The van der Waals surface area contributed by atoms with Gasteiger partial charge in [0.05, 0.1) is 29.3 Å². The lowest BCUT2D eigenvalue weighted by Crippen LogP contribution is -2.30. The van der Waals surface area contributed by atoms with E-state index in [-0.39, 0.29) is 23.3 Å². The van der Waals surface area contributed by atoms with Crippen molar-refractivity contribution in [3.8, 4) is 0 Å². The molecule has 166 valence electrons. The van der Waals surface area contributed by atoms with Crippen molar-refractivity contribution in [1.29, 1.82) is 0 Å². The Morgan fingerprint density at radius 1 is 1.32 bits per heavy atom. The number of rotatable bonds is 8. The number of nitrogens with one attached hydrogen (secondary N) is 1. The third-order valence-corrected chi connectivity index (χ3v) is 6.99. The minimum Gasteiger partial charge on any atom is -0.376 e. The number of allylic oxidation sites excluding steroid dienone is 1. The second-order valence-electron chi connectivity index (χ2n) is 8.10. The minimum atomic E-state index is -0.121. The van der Waals surface area contributed by atoms with E-state index < -0.39 is 0 Å². The van der Waals surface area contributed by atoms with E-state index in [1.54, 1.807) is 22.8 Å². The number of aromatic nitrogens is 2. The summed E-state index contributed by atoms with van der Waals surface area (Å²) in [5.74, 6) is 0.161. The number of amides is 1. The predicted molar refractivity (Wildman–Crippen MR) is 125 cm³/mol. The molecule has 2 heterocycles. The molecule has 0 bridgehead atoms. The average molecular weight is 462 g/mol. The van der Waals surface area contributed by atoms with Crippen LogP contribution in [0.15, 0.2) is 39.8 Å². The summed E-state index contributed by atoms with van der Waals surface area (Å²) in [5.41, 5.74) is 1.87. The lowest BCUT2D eigenvalue weighted by molar-refractivity contribution is -0.118. The fourth-order valence-corrected chi connectivity index (χ4v) is 5.12. The number of hydrogen-bond donors (Lipinski definition) is 1. The van der Waals surface area contributed by atoms with Gasteiger partial charge < -0.3 is 10.1 Å². The van der Waals surface area contributed by atoms with Crippen molar-refractivity contribution in [2.24, 2.45) is 0 Å². The van der Waals surface area contributed by atoms with Crippen LogP contribution in [0.2, 0.25) is 5.02 Å². The highest BCUT2D eigenvalue weighted by Gasteiger charge is 2.21. The van der Waals surface area contributed by atoms with E-state index in [2.05, 4.69) is 16.4 Å². The Labute approximate surface area is 191 Å². The SMILES string of the molecule is O=C(CSc1nc2cc(Cl)ccc2c(=O)n1CC1CCCO1)NCCC1=CCCCC1. The molecule has 0 radical (unpaired) electrons. The molecule has 1 aliphatic carbocycles. The van der Waals surface area contributed by atoms with Crippen LogP contribution in [0, 0.1) is 0 Å². The van der Waals surface area contributed by atoms with Gasteiger partial charge in [0.15, 0.2) is 5.16 Å². The summed E-state index contributed by atoms with van der Waals surface area (Å²) in [6.07, 6.45) is 9.94. The first-order valence-electron chi connectivity index (χ1n) is 11.0. The van der Waals surface area contributed by atoms with Crippen LogP contribution < -0.4 is 10.9 Å². The van der Waals surface area contributed by atoms with Gasteiger partial charge in [0, 0.05) is 18.2 Å². The number of hydrogen-bond acceptors (Lipinski definition) is 5. The molecule has 0 saturated carbocycles. The highest BCUT2D eigenvalue weighted by Crippen LogP contribution is 2.23. The first-order chi connectivity index (χ1) is 15.1. The molecular formula is C23H28ClN3O3S. The summed E-state index contributed by atoms with van der Waals surface area (Å²) in [7, 11) is 0. The summed E-state index contributed by atoms with van der Waals surface area (Å²) >= 11 is 7.39. The fraction of sp³-hybridized carbons (Fsp3) is 0.522. The van der Waals surface area contributed by atoms with Crippen LogP contribution in [0.5, 0.6) is 0 Å². The molecule has 4 rings (SSSR count). The van der Waals surface area contributed by atoms with E-state index in [1.165, 1.54) is 30.2 Å². The van der Waals surface area contributed by atoms with Crippen molar-refractivity contribution in [2.75, 3.05) is 18.9 Å². The molecular weight excluding hydrogens is 434 g/mol. The highest BCUT2D eigenvalue weighted by atomic mass is 35.5. The van der Waals surface area contributed by atoms with Crippen molar-refractivity contribution < 1.29 is 9.53 Å². The molecule has 1 aromatic heterocycles. The van der Waals surface area contributed by atoms with E-state index in [9.17, 15) is 9.59 Å². The van der Waals surface area contributed by atoms with E-state index in [0.29, 0.717) is 34.2 Å².